The summed E-state index contributed by atoms with van der Waals surface area (Å²) < 4.78 is 26.6. The van der Waals surface area contributed by atoms with Gasteiger partial charge in [-0.05, 0) is 30.7 Å². The summed E-state index contributed by atoms with van der Waals surface area (Å²) in [6, 6.07) is 6.20. The highest BCUT2D eigenvalue weighted by atomic mass is 32.2. The van der Waals surface area contributed by atoms with E-state index in [1.54, 1.807) is 18.3 Å². The maximum Gasteiger partial charge on any atom is 0.308 e. The molecule has 0 aliphatic heterocycles. The molecule has 2 N–H and O–H groups in total. The lowest BCUT2D eigenvalue weighted by molar-refractivity contribution is -0.136. The van der Waals surface area contributed by atoms with Gasteiger partial charge in [0.2, 0.25) is 0 Å². The number of aromatic nitrogens is 1. The van der Waals surface area contributed by atoms with Crippen molar-refractivity contribution in [2.75, 3.05) is 4.72 Å². The lowest BCUT2D eigenvalue weighted by Crippen LogP contribution is -2.12. The minimum absolute atomic E-state index is 0.0659. The maximum atomic E-state index is 12.1. The maximum absolute atomic E-state index is 12.1. The largest absolute Gasteiger partial charge is 0.481 e. The Kier molecular flexibility index (Phi) is 4.05. The van der Waals surface area contributed by atoms with E-state index in [1.165, 1.54) is 12.1 Å². The Hall–Kier alpha value is -1.93. The first-order valence-electron chi connectivity index (χ1n) is 5.63. The molecule has 2 aromatic heterocycles. The van der Waals surface area contributed by atoms with Crippen LogP contribution < -0.4 is 4.72 Å². The molecule has 0 spiro atoms. The molecule has 0 unspecified atom stereocenters. The van der Waals surface area contributed by atoms with E-state index < -0.39 is 16.0 Å². The lowest BCUT2D eigenvalue weighted by atomic mass is 10.3. The molecule has 0 radical (unpaired) electrons. The molecule has 0 bridgehead atoms. The number of nitrogens with zero attached hydrogens (tertiary/aromatic N) is 1. The number of sulfonamides is 1. The molecule has 0 aromatic carbocycles. The van der Waals surface area contributed by atoms with Crippen molar-refractivity contribution in [2.45, 2.75) is 17.6 Å². The van der Waals surface area contributed by atoms with Gasteiger partial charge in [-0.15, -0.1) is 11.3 Å². The molecule has 8 heteroatoms. The zero-order chi connectivity index (χ0) is 14.8. The van der Waals surface area contributed by atoms with Crippen molar-refractivity contribution in [3.05, 3.63) is 40.9 Å². The number of anilines is 1. The first-order valence-corrected chi connectivity index (χ1v) is 7.93. The molecular formula is C12H12N2O4S2. The number of pyridine rings is 1. The Labute approximate surface area is 120 Å². The average molecular weight is 312 g/mol. The minimum Gasteiger partial charge on any atom is -0.481 e. The summed E-state index contributed by atoms with van der Waals surface area (Å²) in [6.07, 6.45) is 1.37. The molecule has 0 saturated heterocycles. The number of nitrogens with one attached hydrogen (secondary N) is 1. The van der Waals surface area contributed by atoms with Crippen LogP contribution in [0, 0.1) is 6.92 Å². The number of hydrogen-bond acceptors (Lipinski definition) is 5. The fraction of sp³-hybridized carbons (Fsp3) is 0.167. The standard InChI is InChI=1S/C12H12N2O4S2/c1-8-2-4-10(13-7-8)14-20(17,18)12-5-3-9(19-12)6-11(15)16/h2-5,7H,6H2,1H3,(H,13,14)(H,15,16). The van der Waals surface area contributed by atoms with Gasteiger partial charge in [-0.2, -0.15) is 0 Å². The zero-order valence-electron chi connectivity index (χ0n) is 10.5. The van der Waals surface area contributed by atoms with Gasteiger partial charge in [-0.25, -0.2) is 13.4 Å². The predicted molar refractivity (Wildman–Crippen MR) is 75.4 cm³/mol. The summed E-state index contributed by atoms with van der Waals surface area (Å²) in [5.74, 6) is -0.771. The number of hydrogen-bond donors (Lipinski definition) is 2. The SMILES string of the molecule is Cc1ccc(NS(=O)(=O)c2ccc(CC(=O)O)s2)nc1. The molecule has 0 amide bonds. The van der Waals surface area contributed by atoms with Crippen LogP contribution in [0.1, 0.15) is 10.4 Å². The second kappa shape index (κ2) is 5.59. The monoisotopic (exact) mass is 312 g/mol. The number of thiophene rings is 1. The van der Waals surface area contributed by atoms with Crippen molar-refractivity contribution < 1.29 is 18.3 Å². The number of carboxylic acids is 1. The van der Waals surface area contributed by atoms with Gasteiger partial charge in [0.05, 0.1) is 6.42 Å². The summed E-state index contributed by atoms with van der Waals surface area (Å²) in [5.41, 5.74) is 0.924. The molecule has 2 heterocycles. The van der Waals surface area contributed by atoms with E-state index in [-0.39, 0.29) is 16.4 Å². The van der Waals surface area contributed by atoms with Crippen LogP contribution in [-0.2, 0) is 21.2 Å². The molecule has 0 aliphatic carbocycles. The Morgan fingerprint density at radius 1 is 1.35 bits per heavy atom. The number of carbonyl (C=O) groups is 1. The second-order valence-electron chi connectivity index (χ2n) is 4.12. The van der Waals surface area contributed by atoms with Crippen molar-refractivity contribution in [3.63, 3.8) is 0 Å². The van der Waals surface area contributed by atoms with Crippen LogP contribution in [-0.4, -0.2) is 24.5 Å². The molecule has 0 saturated carbocycles. The van der Waals surface area contributed by atoms with Crippen LogP contribution in [0.2, 0.25) is 0 Å². The van der Waals surface area contributed by atoms with Crippen molar-refractivity contribution in [1.82, 2.24) is 4.98 Å². The summed E-state index contributed by atoms with van der Waals surface area (Å²) in [6.45, 7) is 1.85. The van der Waals surface area contributed by atoms with E-state index in [0.717, 1.165) is 16.9 Å². The van der Waals surface area contributed by atoms with Gasteiger partial charge in [-0.1, -0.05) is 6.07 Å². The minimum atomic E-state index is -3.73. The van der Waals surface area contributed by atoms with Gasteiger partial charge in [0, 0.05) is 11.1 Å². The molecule has 6 nitrogen and oxygen atoms in total. The van der Waals surface area contributed by atoms with Crippen LogP contribution in [0.5, 0.6) is 0 Å². The van der Waals surface area contributed by atoms with E-state index >= 15 is 0 Å². The van der Waals surface area contributed by atoms with E-state index in [4.69, 9.17) is 5.11 Å². The summed E-state index contributed by atoms with van der Waals surface area (Å²) in [7, 11) is -3.73. The molecule has 106 valence electrons. The number of aliphatic carboxylic acids is 1. The van der Waals surface area contributed by atoms with Gasteiger partial charge >= 0.3 is 5.97 Å². The van der Waals surface area contributed by atoms with Gasteiger partial charge < -0.3 is 5.11 Å². The van der Waals surface area contributed by atoms with E-state index in [0.29, 0.717) is 4.88 Å². The van der Waals surface area contributed by atoms with Crippen molar-refractivity contribution in [1.29, 1.82) is 0 Å². The molecule has 0 atom stereocenters. The fourth-order valence-electron chi connectivity index (χ4n) is 1.46. The second-order valence-corrected chi connectivity index (χ2v) is 7.20. The quantitative estimate of drug-likeness (QED) is 0.878. The van der Waals surface area contributed by atoms with E-state index in [1.807, 2.05) is 6.92 Å². The highest BCUT2D eigenvalue weighted by Crippen LogP contribution is 2.24. The van der Waals surface area contributed by atoms with Crippen LogP contribution in [0.4, 0.5) is 5.82 Å². The first kappa shape index (κ1) is 14.5. The summed E-state index contributed by atoms with van der Waals surface area (Å²) in [5, 5.41) is 8.67. The molecule has 20 heavy (non-hydrogen) atoms. The van der Waals surface area contributed by atoms with Gasteiger partial charge in [-0.3, -0.25) is 9.52 Å². The number of aryl methyl sites for hydroxylation is 1. The van der Waals surface area contributed by atoms with Crippen LogP contribution in [0.15, 0.2) is 34.7 Å². The highest BCUT2D eigenvalue weighted by molar-refractivity contribution is 7.94. The normalized spacial score (nSPS) is 11.2. The van der Waals surface area contributed by atoms with Gasteiger partial charge in [0.15, 0.2) is 0 Å². The summed E-state index contributed by atoms with van der Waals surface area (Å²) in [4.78, 5) is 15.0. The molecule has 2 aromatic rings. The predicted octanol–water partition coefficient (Wildman–Crippen LogP) is 1.88. The Morgan fingerprint density at radius 3 is 2.70 bits per heavy atom. The molecule has 2 rings (SSSR count). The topological polar surface area (TPSA) is 96.4 Å². The number of carboxylic acid groups (broad SMARTS) is 1. The molecule has 0 aliphatic rings. The average Bonchev–Trinajstić information content (AvgIpc) is 2.80. The third kappa shape index (κ3) is 3.55. The van der Waals surface area contributed by atoms with Crippen molar-refractivity contribution in [3.8, 4) is 0 Å². The zero-order valence-corrected chi connectivity index (χ0v) is 12.2. The Morgan fingerprint density at radius 2 is 2.10 bits per heavy atom. The number of rotatable bonds is 5. The van der Waals surface area contributed by atoms with Crippen LogP contribution in [0.25, 0.3) is 0 Å². The van der Waals surface area contributed by atoms with Crippen molar-refractivity contribution in [2.24, 2.45) is 0 Å². The lowest BCUT2D eigenvalue weighted by Gasteiger charge is -2.05. The van der Waals surface area contributed by atoms with Crippen molar-refractivity contribution >= 4 is 33.1 Å². The third-order valence-corrected chi connectivity index (χ3v) is 5.31. The highest BCUT2D eigenvalue weighted by Gasteiger charge is 2.18. The van der Waals surface area contributed by atoms with Crippen LogP contribution >= 0.6 is 11.3 Å². The van der Waals surface area contributed by atoms with Gasteiger partial charge in [0.25, 0.3) is 10.0 Å². The molecular weight excluding hydrogens is 300 g/mol. The summed E-state index contributed by atoms with van der Waals surface area (Å²) >= 11 is 0.931. The Balaban J connectivity index is 2.19. The van der Waals surface area contributed by atoms with Gasteiger partial charge in [0.1, 0.15) is 10.0 Å². The van der Waals surface area contributed by atoms with Crippen LogP contribution in [0.3, 0.4) is 0 Å². The molecule has 0 fully saturated rings. The Bertz CT molecular complexity index is 720. The van der Waals surface area contributed by atoms with E-state index in [9.17, 15) is 13.2 Å². The third-order valence-electron chi connectivity index (χ3n) is 2.38. The van der Waals surface area contributed by atoms with E-state index in [2.05, 4.69) is 9.71 Å². The fourth-order valence-corrected chi connectivity index (χ4v) is 3.82. The smallest absolute Gasteiger partial charge is 0.308 e. The first-order chi connectivity index (χ1) is 9.37.